The third kappa shape index (κ3) is 2.46. The number of aliphatic hydroxyl groups is 2. The van der Waals surface area contributed by atoms with Crippen LogP contribution in [0.25, 0.3) is 0 Å². The van der Waals surface area contributed by atoms with Crippen LogP contribution >= 0.6 is 0 Å². The molecule has 2 aliphatic rings. The Labute approximate surface area is 124 Å². The van der Waals surface area contributed by atoms with Crippen LogP contribution in [0.4, 0.5) is 0 Å². The summed E-state index contributed by atoms with van der Waals surface area (Å²) in [7, 11) is 0. The van der Waals surface area contributed by atoms with E-state index in [1.807, 2.05) is 0 Å². The number of aliphatic carboxylic acids is 1. The smallest absolute Gasteiger partial charge is 0.212 e. The first-order valence-corrected chi connectivity index (χ1v) is 7.42. The number of nitrogens with one attached hydrogen (secondary N) is 1. The van der Waals surface area contributed by atoms with Crippen LogP contribution in [0.15, 0.2) is 12.3 Å². The van der Waals surface area contributed by atoms with Crippen molar-refractivity contribution >= 4 is 11.8 Å². The van der Waals surface area contributed by atoms with Gasteiger partial charge in [0.05, 0.1) is 18.3 Å². The highest BCUT2D eigenvalue weighted by Gasteiger charge is 2.64. The molecule has 1 unspecified atom stereocenters. The topological polar surface area (TPSA) is 102 Å². The van der Waals surface area contributed by atoms with Crippen molar-refractivity contribution in [3.63, 3.8) is 0 Å². The number of aliphatic hydroxyl groups excluding tert-OH is 1. The molecule has 1 saturated carbocycles. The van der Waals surface area contributed by atoms with Crippen LogP contribution in [-0.2, 0) is 9.59 Å². The average molecular weight is 297 g/mol. The van der Waals surface area contributed by atoms with Gasteiger partial charge in [0.2, 0.25) is 5.72 Å². The van der Waals surface area contributed by atoms with E-state index < -0.39 is 23.2 Å². The molecule has 6 heteroatoms. The molecule has 2 rings (SSSR count). The van der Waals surface area contributed by atoms with Gasteiger partial charge in [-0.15, -0.1) is 0 Å². The Bertz CT molecular complexity index is 477. The van der Waals surface area contributed by atoms with E-state index in [1.54, 1.807) is 6.92 Å². The van der Waals surface area contributed by atoms with Gasteiger partial charge >= 0.3 is 0 Å². The van der Waals surface area contributed by atoms with Crippen LogP contribution in [0.2, 0.25) is 0 Å². The number of quaternary nitrogens is 1. The molecule has 21 heavy (non-hydrogen) atoms. The summed E-state index contributed by atoms with van der Waals surface area (Å²) in [6.07, 6.45) is 2.10. The number of hydrogen-bond donors (Lipinski definition) is 3. The molecule has 1 aliphatic carbocycles. The van der Waals surface area contributed by atoms with Gasteiger partial charge in [-0.3, -0.25) is 9.69 Å². The van der Waals surface area contributed by atoms with Crippen molar-refractivity contribution in [2.45, 2.75) is 57.2 Å². The first kappa shape index (κ1) is 16.0. The molecule has 0 aromatic rings. The number of likely N-dealkylation sites (tertiary alicyclic amines) is 1. The van der Waals surface area contributed by atoms with Gasteiger partial charge in [-0.25, -0.2) is 0 Å². The lowest BCUT2D eigenvalue weighted by molar-refractivity contribution is -0.990. The number of carbonyl (C=O) groups is 2. The van der Waals surface area contributed by atoms with E-state index in [2.05, 4.69) is 6.58 Å². The standard InChI is InChI=1S/C15H23NO5/c1-10(17)5-7-14(2)12(18)6-8-15(14,21)16-9-3-4-11(16)13(19)20/h11,17,21H,1,3-9H2,2H3,(H,19,20)/t11-,14+,15+/m0/s1. The summed E-state index contributed by atoms with van der Waals surface area (Å²) in [6.45, 7) is 5.59. The van der Waals surface area contributed by atoms with Crippen LogP contribution in [0.5, 0.6) is 0 Å². The minimum atomic E-state index is -1.42. The maximum Gasteiger partial charge on any atom is 0.212 e. The number of carbonyl (C=O) groups excluding carboxylic acids is 2. The molecule has 0 spiro atoms. The highest BCUT2D eigenvalue weighted by molar-refractivity contribution is 5.88. The third-order valence-corrected chi connectivity index (χ3v) is 5.33. The molecule has 0 bridgehead atoms. The Kier molecular flexibility index (Phi) is 4.13. The Balaban J connectivity index is 2.31. The molecule has 6 nitrogen and oxygen atoms in total. The van der Waals surface area contributed by atoms with Crippen LogP contribution < -0.4 is 10.0 Å². The van der Waals surface area contributed by atoms with E-state index in [-0.39, 0.29) is 37.2 Å². The highest BCUT2D eigenvalue weighted by atomic mass is 16.4. The third-order valence-electron chi connectivity index (χ3n) is 5.33. The molecule has 4 atom stereocenters. The lowest BCUT2D eigenvalue weighted by atomic mass is 9.75. The number of Topliss-reactive ketones (excluding diaryl/α,β-unsaturated/α-hetero) is 1. The maximum absolute atomic E-state index is 12.3. The van der Waals surface area contributed by atoms with Gasteiger partial charge in [0.1, 0.15) is 17.2 Å². The van der Waals surface area contributed by atoms with E-state index in [1.165, 1.54) is 0 Å². The summed E-state index contributed by atoms with van der Waals surface area (Å²) < 4.78 is 0. The van der Waals surface area contributed by atoms with E-state index in [4.69, 9.17) is 0 Å². The van der Waals surface area contributed by atoms with Crippen molar-refractivity contribution in [1.29, 1.82) is 0 Å². The van der Waals surface area contributed by atoms with Crippen LogP contribution in [0, 0.1) is 5.41 Å². The average Bonchev–Trinajstić information content (AvgIpc) is 2.98. The Morgan fingerprint density at radius 2 is 2.24 bits per heavy atom. The first-order valence-electron chi connectivity index (χ1n) is 7.42. The number of carboxylic acid groups (broad SMARTS) is 1. The van der Waals surface area contributed by atoms with Gasteiger partial charge in [-0.2, -0.15) is 0 Å². The summed E-state index contributed by atoms with van der Waals surface area (Å²) in [6, 6.07) is -0.780. The fraction of sp³-hybridized carbons (Fsp3) is 0.733. The number of rotatable bonds is 5. The van der Waals surface area contributed by atoms with Crippen molar-refractivity contribution < 1.29 is 29.8 Å². The Hall–Kier alpha value is -1.40. The lowest BCUT2D eigenvalue weighted by Gasteiger charge is -2.44. The molecule has 1 saturated heterocycles. The number of carboxylic acids is 1. The van der Waals surface area contributed by atoms with Crippen molar-refractivity contribution in [1.82, 2.24) is 0 Å². The molecular weight excluding hydrogens is 274 g/mol. The van der Waals surface area contributed by atoms with Crippen LogP contribution in [0.1, 0.15) is 45.4 Å². The summed E-state index contributed by atoms with van der Waals surface area (Å²) >= 11 is 0. The minimum Gasteiger partial charge on any atom is -0.544 e. The van der Waals surface area contributed by atoms with Crippen molar-refractivity contribution in [3.05, 3.63) is 12.3 Å². The van der Waals surface area contributed by atoms with Crippen molar-refractivity contribution in [2.75, 3.05) is 6.54 Å². The molecule has 1 aliphatic heterocycles. The van der Waals surface area contributed by atoms with Crippen LogP contribution in [0.3, 0.4) is 0 Å². The lowest BCUT2D eigenvalue weighted by Crippen LogP contribution is -3.24. The first-order chi connectivity index (χ1) is 9.72. The number of allylic oxidation sites excluding steroid dienone is 1. The summed E-state index contributed by atoms with van der Waals surface area (Å²) in [5.74, 6) is -1.29. The second-order valence-electron chi connectivity index (χ2n) is 6.47. The maximum atomic E-state index is 12.3. The van der Waals surface area contributed by atoms with E-state index in [0.717, 1.165) is 0 Å². The zero-order valence-electron chi connectivity index (χ0n) is 12.4. The fourth-order valence-electron chi connectivity index (χ4n) is 3.93. The monoisotopic (exact) mass is 297 g/mol. The van der Waals surface area contributed by atoms with Crippen molar-refractivity contribution in [3.8, 4) is 0 Å². The second kappa shape index (κ2) is 5.42. The van der Waals surface area contributed by atoms with Gasteiger partial charge in [0.25, 0.3) is 0 Å². The van der Waals surface area contributed by atoms with Crippen molar-refractivity contribution in [2.24, 2.45) is 5.41 Å². The normalized spacial score (nSPS) is 39.6. The molecular formula is C15H23NO5. The fourth-order valence-corrected chi connectivity index (χ4v) is 3.93. The van der Waals surface area contributed by atoms with Gasteiger partial charge in [0, 0.05) is 32.1 Å². The zero-order valence-corrected chi connectivity index (χ0v) is 12.4. The SMILES string of the molecule is C=C(O)CC[C@]1(C)C(=O)CC[C@]1(O)[NH+]1CCC[C@H]1C(=O)[O-]. The molecule has 118 valence electrons. The largest absolute Gasteiger partial charge is 0.544 e. The predicted molar refractivity (Wildman–Crippen MR) is 72.2 cm³/mol. The number of hydrogen-bond acceptors (Lipinski definition) is 5. The highest BCUT2D eigenvalue weighted by Crippen LogP contribution is 2.44. The quantitative estimate of drug-likeness (QED) is 0.547. The van der Waals surface area contributed by atoms with Gasteiger partial charge < -0.3 is 20.1 Å². The van der Waals surface area contributed by atoms with E-state index in [0.29, 0.717) is 24.3 Å². The van der Waals surface area contributed by atoms with E-state index >= 15 is 0 Å². The molecule has 1 heterocycles. The number of ketones is 1. The summed E-state index contributed by atoms with van der Waals surface area (Å²) in [5.41, 5.74) is -2.48. The predicted octanol–water partition coefficient (Wildman–Crippen LogP) is -1.31. The Morgan fingerprint density at radius 1 is 1.57 bits per heavy atom. The molecule has 2 fully saturated rings. The van der Waals surface area contributed by atoms with Gasteiger partial charge in [-0.1, -0.05) is 6.58 Å². The van der Waals surface area contributed by atoms with Gasteiger partial charge in [-0.05, 0) is 13.3 Å². The molecule has 0 radical (unpaired) electrons. The Morgan fingerprint density at radius 3 is 2.81 bits per heavy atom. The second-order valence-corrected chi connectivity index (χ2v) is 6.47. The van der Waals surface area contributed by atoms with Gasteiger partial charge in [0.15, 0.2) is 0 Å². The minimum absolute atomic E-state index is 0.0360. The molecule has 0 aromatic heterocycles. The molecule has 3 N–H and O–H groups in total. The molecule has 0 amide bonds. The van der Waals surface area contributed by atoms with E-state index in [9.17, 15) is 24.9 Å². The summed E-state index contributed by atoms with van der Waals surface area (Å²) in [4.78, 5) is 24.1. The zero-order chi connectivity index (χ0) is 15.8. The summed E-state index contributed by atoms with van der Waals surface area (Å²) in [5, 5.41) is 31.7. The van der Waals surface area contributed by atoms with Crippen LogP contribution in [-0.4, -0.2) is 40.3 Å². The molecule has 0 aromatic carbocycles.